The van der Waals surface area contributed by atoms with Crippen LogP contribution < -0.4 is 10.8 Å². The van der Waals surface area contributed by atoms with E-state index in [4.69, 9.17) is 9.72 Å². The molecule has 0 spiro atoms. The smallest absolute Gasteiger partial charge is 0.223 e. The van der Waals surface area contributed by atoms with Gasteiger partial charge in [-0.1, -0.05) is 52.8 Å². The number of carbonyl (C=O) groups excluding carboxylic acids is 1. The number of hydrogen-bond acceptors (Lipinski definition) is 7. The minimum absolute atomic E-state index is 0.0160. The van der Waals surface area contributed by atoms with Crippen molar-refractivity contribution in [1.82, 2.24) is 25.7 Å². The zero-order chi connectivity index (χ0) is 30.5. The van der Waals surface area contributed by atoms with Crippen LogP contribution in [0.15, 0.2) is 35.5 Å². The summed E-state index contributed by atoms with van der Waals surface area (Å²) >= 11 is 0. The Morgan fingerprint density at radius 3 is 2.71 bits per heavy atom. The second-order valence-electron chi connectivity index (χ2n) is 11.6. The lowest BCUT2D eigenvalue weighted by atomic mass is 9.91. The molecular formula is C33H52N6O3. The van der Waals surface area contributed by atoms with Gasteiger partial charge in [-0.3, -0.25) is 9.79 Å². The van der Waals surface area contributed by atoms with Crippen molar-refractivity contribution in [2.24, 2.45) is 10.9 Å². The molecule has 0 saturated carbocycles. The van der Waals surface area contributed by atoms with Gasteiger partial charge in [-0.2, -0.15) is 5.48 Å². The molecule has 4 N–H and O–H groups in total. The summed E-state index contributed by atoms with van der Waals surface area (Å²) in [5, 5.41) is 12.7. The van der Waals surface area contributed by atoms with Crippen LogP contribution >= 0.6 is 0 Å². The molecule has 1 fully saturated rings. The SMILES string of the molecule is CC.CCC=N/C=C\Cc1[nH]c(C(C)(C)CNC(=O)C2CCN(CCOC)CC2)nc1-c1ccc2c(c1)CCC2NO. The van der Waals surface area contributed by atoms with E-state index in [2.05, 4.69) is 64.6 Å². The number of nitrogens with one attached hydrogen (secondary N) is 3. The van der Waals surface area contributed by atoms with Gasteiger partial charge in [0.1, 0.15) is 5.82 Å². The van der Waals surface area contributed by atoms with Gasteiger partial charge in [-0.05, 0) is 62.4 Å². The highest BCUT2D eigenvalue weighted by molar-refractivity contribution is 5.78. The van der Waals surface area contributed by atoms with Crippen molar-refractivity contribution >= 4 is 12.1 Å². The van der Waals surface area contributed by atoms with Crippen molar-refractivity contribution in [3.05, 3.63) is 53.1 Å². The molecule has 1 aliphatic carbocycles. The Kier molecular flexibility index (Phi) is 13.4. The van der Waals surface area contributed by atoms with Crippen LogP contribution in [0.1, 0.15) is 89.0 Å². The summed E-state index contributed by atoms with van der Waals surface area (Å²) in [5.74, 6) is 1.04. The van der Waals surface area contributed by atoms with E-state index in [1.165, 1.54) is 5.56 Å². The number of hydrogen-bond donors (Lipinski definition) is 4. The molecule has 0 bridgehead atoms. The number of nitrogens with zero attached hydrogens (tertiary/aromatic N) is 3. The van der Waals surface area contributed by atoms with Gasteiger partial charge in [-0.15, -0.1) is 0 Å². The Morgan fingerprint density at radius 2 is 2.02 bits per heavy atom. The van der Waals surface area contributed by atoms with Crippen LogP contribution in [-0.4, -0.2) is 72.1 Å². The number of imidazole rings is 1. The first-order chi connectivity index (χ1) is 20.4. The molecule has 1 aliphatic heterocycles. The Labute approximate surface area is 252 Å². The number of fused-ring (bicyclic) bond motifs is 1. The number of aromatic nitrogens is 2. The lowest BCUT2D eigenvalue weighted by Crippen LogP contribution is -2.44. The lowest BCUT2D eigenvalue weighted by Gasteiger charge is -2.32. The number of aromatic amines is 1. The number of hydroxylamine groups is 1. The largest absolute Gasteiger partial charge is 0.383 e. The molecule has 9 nitrogen and oxygen atoms in total. The summed E-state index contributed by atoms with van der Waals surface area (Å²) in [6, 6.07) is 6.36. The van der Waals surface area contributed by atoms with E-state index in [1.54, 1.807) is 7.11 Å². The van der Waals surface area contributed by atoms with Gasteiger partial charge in [0.2, 0.25) is 5.91 Å². The maximum absolute atomic E-state index is 13.0. The number of allylic oxidation sites excluding steroid dienone is 1. The minimum atomic E-state index is -0.380. The quantitative estimate of drug-likeness (QED) is 0.187. The van der Waals surface area contributed by atoms with Crippen LogP contribution in [0.25, 0.3) is 11.3 Å². The zero-order valence-corrected chi connectivity index (χ0v) is 26.5. The average Bonchev–Trinajstić information content (AvgIpc) is 3.64. The molecule has 9 heteroatoms. The second-order valence-corrected chi connectivity index (χ2v) is 11.6. The Balaban J connectivity index is 0.00000237. The fraction of sp³-hybridized carbons (Fsp3) is 0.606. The van der Waals surface area contributed by atoms with Crippen molar-refractivity contribution in [2.75, 3.05) is 39.9 Å². The van der Waals surface area contributed by atoms with Crippen LogP contribution in [0.2, 0.25) is 0 Å². The normalized spacial score (nSPS) is 17.9. The second kappa shape index (κ2) is 16.7. The molecule has 0 radical (unpaired) electrons. The zero-order valence-electron chi connectivity index (χ0n) is 26.5. The lowest BCUT2D eigenvalue weighted by molar-refractivity contribution is -0.126. The summed E-state index contributed by atoms with van der Waals surface area (Å²) in [5.41, 5.74) is 7.43. The summed E-state index contributed by atoms with van der Waals surface area (Å²) in [4.78, 5) is 28.4. The van der Waals surface area contributed by atoms with E-state index in [0.717, 1.165) is 86.7 Å². The van der Waals surface area contributed by atoms with E-state index in [-0.39, 0.29) is 23.3 Å². The number of aliphatic imine (C=N–C) groups is 1. The molecule has 232 valence electrons. The van der Waals surface area contributed by atoms with Gasteiger partial charge in [0.25, 0.3) is 0 Å². The predicted octanol–water partition coefficient (Wildman–Crippen LogP) is 5.36. The molecule has 2 aromatic rings. The number of likely N-dealkylation sites (tertiary alicyclic amines) is 1. The molecule has 1 saturated heterocycles. The number of rotatable bonds is 13. The third kappa shape index (κ3) is 8.83. The van der Waals surface area contributed by atoms with Gasteiger partial charge in [0, 0.05) is 61.6 Å². The van der Waals surface area contributed by atoms with E-state index >= 15 is 0 Å². The van der Waals surface area contributed by atoms with Crippen molar-refractivity contribution in [1.29, 1.82) is 0 Å². The average molecular weight is 581 g/mol. The standard InChI is InChI=1S/C31H46N6O3.C2H6/c1-5-14-32-15-6-7-27-28(24-8-10-25-23(20-24)9-11-26(25)36-39)35-30(34-27)31(2,3)21-33-29(38)22-12-16-37(17-13-22)18-19-40-4;1-2/h6,8,10,14-15,20,22,26,36,39H,5,7,9,11-13,16-19,21H2,1-4H3,(H,33,38)(H,34,35);1-2H3/b15-6-,32-14?;. The monoisotopic (exact) mass is 580 g/mol. The van der Waals surface area contributed by atoms with Crippen LogP contribution in [0.5, 0.6) is 0 Å². The van der Waals surface area contributed by atoms with Crippen molar-refractivity contribution in [2.45, 2.75) is 84.6 Å². The van der Waals surface area contributed by atoms with Gasteiger partial charge in [-0.25, -0.2) is 4.98 Å². The van der Waals surface area contributed by atoms with Crippen LogP contribution in [-0.2, 0) is 27.8 Å². The summed E-state index contributed by atoms with van der Waals surface area (Å²) in [7, 11) is 1.72. The predicted molar refractivity (Wildman–Crippen MR) is 170 cm³/mol. The third-order valence-electron chi connectivity index (χ3n) is 8.15. The minimum Gasteiger partial charge on any atom is -0.383 e. The molecule has 1 aromatic heterocycles. The number of carbonyl (C=O) groups is 1. The van der Waals surface area contributed by atoms with Crippen LogP contribution in [0, 0.1) is 5.92 Å². The van der Waals surface area contributed by atoms with Gasteiger partial charge >= 0.3 is 0 Å². The molecule has 1 aromatic carbocycles. The number of methoxy groups -OCH3 is 1. The van der Waals surface area contributed by atoms with E-state index in [1.807, 2.05) is 32.3 Å². The molecule has 1 unspecified atom stereocenters. The highest BCUT2D eigenvalue weighted by Gasteiger charge is 2.30. The van der Waals surface area contributed by atoms with E-state index in [0.29, 0.717) is 13.0 Å². The maximum Gasteiger partial charge on any atom is 0.223 e. The fourth-order valence-corrected chi connectivity index (χ4v) is 5.59. The third-order valence-corrected chi connectivity index (χ3v) is 8.15. The number of aryl methyl sites for hydroxylation is 1. The van der Waals surface area contributed by atoms with Crippen molar-refractivity contribution in [3.63, 3.8) is 0 Å². The Hall–Kier alpha value is -2.85. The Bertz CT molecular complexity index is 1180. The molecule has 1 atom stereocenters. The summed E-state index contributed by atoms with van der Waals surface area (Å²) in [6.07, 6.45) is 10.9. The fourth-order valence-electron chi connectivity index (χ4n) is 5.59. The number of benzene rings is 1. The Morgan fingerprint density at radius 1 is 1.26 bits per heavy atom. The summed E-state index contributed by atoms with van der Waals surface area (Å²) in [6.45, 7) is 14.3. The highest BCUT2D eigenvalue weighted by Crippen LogP contribution is 2.35. The molecule has 1 amide bonds. The molecule has 42 heavy (non-hydrogen) atoms. The molecule has 2 aliphatic rings. The molecule has 4 rings (SSSR count). The van der Waals surface area contributed by atoms with Gasteiger partial charge < -0.3 is 25.1 Å². The number of H-pyrrole nitrogens is 1. The topological polar surface area (TPSA) is 115 Å². The number of piperidine rings is 1. The highest BCUT2D eigenvalue weighted by atomic mass is 16.5. The number of ether oxygens (including phenoxy) is 1. The van der Waals surface area contributed by atoms with Gasteiger partial charge in [0.15, 0.2) is 0 Å². The molecule has 2 heterocycles. The molecular weight excluding hydrogens is 528 g/mol. The first-order valence-corrected chi connectivity index (χ1v) is 15.6. The van der Waals surface area contributed by atoms with Crippen molar-refractivity contribution < 1.29 is 14.7 Å². The van der Waals surface area contributed by atoms with E-state index in [9.17, 15) is 10.0 Å². The summed E-state index contributed by atoms with van der Waals surface area (Å²) < 4.78 is 5.19. The first kappa shape index (κ1) is 33.6. The van der Waals surface area contributed by atoms with Crippen LogP contribution in [0.4, 0.5) is 0 Å². The maximum atomic E-state index is 13.0. The van der Waals surface area contributed by atoms with Crippen LogP contribution in [0.3, 0.4) is 0 Å². The van der Waals surface area contributed by atoms with E-state index < -0.39 is 0 Å². The number of amides is 1. The van der Waals surface area contributed by atoms with Gasteiger partial charge in [0.05, 0.1) is 18.3 Å². The first-order valence-electron chi connectivity index (χ1n) is 15.6. The van der Waals surface area contributed by atoms with Crippen molar-refractivity contribution in [3.8, 4) is 11.3 Å².